The van der Waals surface area contributed by atoms with Gasteiger partial charge >= 0.3 is 0 Å². The van der Waals surface area contributed by atoms with Crippen molar-refractivity contribution >= 4 is 23.2 Å². The number of carbonyl (C=O) groups is 2. The van der Waals surface area contributed by atoms with Gasteiger partial charge in [0.05, 0.1) is 0 Å². The Hall–Kier alpha value is -3.00. The van der Waals surface area contributed by atoms with Gasteiger partial charge in [-0.05, 0) is 42.0 Å². The maximum atomic E-state index is 13.1. The Morgan fingerprint density at radius 1 is 1.21 bits per heavy atom. The highest BCUT2D eigenvalue weighted by Crippen LogP contribution is 2.17. The van der Waals surface area contributed by atoms with Gasteiger partial charge in [-0.2, -0.15) is 5.10 Å². The van der Waals surface area contributed by atoms with E-state index in [1.54, 1.807) is 39.1 Å². The van der Waals surface area contributed by atoms with Crippen LogP contribution in [0.1, 0.15) is 37.8 Å². The molecule has 2 amide bonds. The summed E-state index contributed by atoms with van der Waals surface area (Å²) in [6.07, 6.45) is 1.50. The standard InChI is InChI=1S/C21H21FN4O2S/c22-16-6-4-15(5-7-16)14-25-10-2-11-26-19(21(25)28)13-18(24-26)20(27)23-9-8-17-3-1-12-29-17/h1,3-7,12-13H,2,8-11,14H2,(H,23,27). The first-order chi connectivity index (χ1) is 14.1. The molecule has 0 fully saturated rings. The predicted octanol–water partition coefficient (Wildman–Crippen LogP) is 3.10. The Labute approximate surface area is 172 Å². The second kappa shape index (κ2) is 8.57. The van der Waals surface area contributed by atoms with Crippen LogP contribution in [0, 0.1) is 5.82 Å². The van der Waals surface area contributed by atoms with Crippen LogP contribution in [0.25, 0.3) is 0 Å². The number of fused-ring (bicyclic) bond motifs is 1. The zero-order valence-corrected chi connectivity index (χ0v) is 16.6. The number of halogens is 1. The highest BCUT2D eigenvalue weighted by molar-refractivity contribution is 7.09. The average molecular weight is 412 g/mol. The zero-order chi connectivity index (χ0) is 20.2. The van der Waals surface area contributed by atoms with E-state index in [0.29, 0.717) is 31.9 Å². The number of aromatic nitrogens is 2. The Balaban J connectivity index is 1.43. The summed E-state index contributed by atoms with van der Waals surface area (Å²) in [4.78, 5) is 28.3. The van der Waals surface area contributed by atoms with Gasteiger partial charge in [0.25, 0.3) is 11.8 Å². The van der Waals surface area contributed by atoms with Gasteiger partial charge in [-0.1, -0.05) is 18.2 Å². The maximum Gasteiger partial charge on any atom is 0.272 e. The minimum absolute atomic E-state index is 0.169. The van der Waals surface area contributed by atoms with Gasteiger partial charge in [0.15, 0.2) is 5.69 Å². The van der Waals surface area contributed by atoms with Crippen LogP contribution < -0.4 is 5.32 Å². The van der Waals surface area contributed by atoms with Crippen LogP contribution in [0.2, 0.25) is 0 Å². The van der Waals surface area contributed by atoms with E-state index < -0.39 is 0 Å². The summed E-state index contributed by atoms with van der Waals surface area (Å²) < 4.78 is 14.7. The van der Waals surface area contributed by atoms with E-state index in [-0.39, 0.29) is 23.3 Å². The molecule has 0 radical (unpaired) electrons. The van der Waals surface area contributed by atoms with E-state index in [0.717, 1.165) is 18.4 Å². The first kappa shape index (κ1) is 19.3. The molecule has 0 spiro atoms. The van der Waals surface area contributed by atoms with Gasteiger partial charge < -0.3 is 10.2 Å². The van der Waals surface area contributed by atoms with Gasteiger partial charge in [0, 0.05) is 37.1 Å². The Bertz CT molecular complexity index is 998. The van der Waals surface area contributed by atoms with Crippen LogP contribution in [0.3, 0.4) is 0 Å². The molecule has 29 heavy (non-hydrogen) atoms. The second-order valence-corrected chi connectivity index (χ2v) is 7.96. The molecule has 6 nitrogen and oxygen atoms in total. The topological polar surface area (TPSA) is 67.2 Å². The summed E-state index contributed by atoms with van der Waals surface area (Å²) >= 11 is 1.65. The number of rotatable bonds is 6. The maximum absolute atomic E-state index is 13.1. The second-order valence-electron chi connectivity index (χ2n) is 6.93. The molecule has 150 valence electrons. The Kier molecular flexibility index (Phi) is 5.71. The molecule has 3 heterocycles. The van der Waals surface area contributed by atoms with E-state index in [1.807, 2.05) is 17.5 Å². The number of hydrogen-bond donors (Lipinski definition) is 1. The molecule has 0 unspecified atom stereocenters. The van der Waals surface area contributed by atoms with Crippen molar-refractivity contribution in [3.8, 4) is 0 Å². The lowest BCUT2D eigenvalue weighted by Gasteiger charge is -2.20. The smallest absolute Gasteiger partial charge is 0.272 e. The number of hydrogen-bond acceptors (Lipinski definition) is 4. The summed E-state index contributed by atoms with van der Waals surface area (Å²) in [5.74, 6) is -0.749. The van der Waals surface area contributed by atoms with Crippen molar-refractivity contribution in [1.29, 1.82) is 0 Å². The molecule has 0 bridgehead atoms. The lowest BCUT2D eigenvalue weighted by molar-refractivity contribution is 0.0745. The van der Waals surface area contributed by atoms with Crippen LogP contribution in [0.15, 0.2) is 47.8 Å². The van der Waals surface area contributed by atoms with Crippen LogP contribution in [-0.2, 0) is 19.5 Å². The highest BCUT2D eigenvalue weighted by atomic mass is 32.1. The van der Waals surface area contributed by atoms with Crippen molar-refractivity contribution in [1.82, 2.24) is 20.0 Å². The van der Waals surface area contributed by atoms with Crippen LogP contribution in [0.5, 0.6) is 0 Å². The summed E-state index contributed by atoms with van der Waals surface area (Å²) in [6, 6.07) is 11.7. The van der Waals surface area contributed by atoms with Crippen molar-refractivity contribution in [3.63, 3.8) is 0 Å². The molecule has 0 atom stereocenters. The molecule has 1 aliphatic heterocycles. The van der Waals surface area contributed by atoms with Crippen molar-refractivity contribution < 1.29 is 14.0 Å². The Morgan fingerprint density at radius 2 is 2.03 bits per heavy atom. The first-order valence-electron chi connectivity index (χ1n) is 9.52. The SMILES string of the molecule is O=C(NCCc1cccs1)c1cc2n(n1)CCCN(Cc1ccc(F)cc1)C2=O. The van der Waals surface area contributed by atoms with Crippen LogP contribution >= 0.6 is 11.3 Å². The molecular formula is C21H21FN4O2S. The summed E-state index contributed by atoms with van der Waals surface area (Å²) in [6.45, 7) is 2.07. The fraction of sp³-hybridized carbons (Fsp3) is 0.286. The third kappa shape index (κ3) is 4.54. The average Bonchev–Trinajstić information content (AvgIpc) is 3.36. The van der Waals surface area contributed by atoms with Crippen molar-refractivity contribution in [2.75, 3.05) is 13.1 Å². The number of nitrogens with zero attached hydrogens (tertiary/aromatic N) is 3. The van der Waals surface area contributed by atoms with E-state index in [4.69, 9.17) is 0 Å². The fourth-order valence-electron chi connectivity index (χ4n) is 3.35. The molecule has 1 aromatic carbocycles. The van der Waals surface area contributed by atoms with E-state index in [9.17, 15) is 14.0 Å². The minimum atomic E-state index is -0.302. The third-order valence-electron chi connectivity index (χ3n) is 4.84. The number of carbonyl (C=O) groups excluding carboxylic acids is 2. The molecule has 0 saturated carbocycles. The van der Waals surface area contributed by atoms with Crippen molar-refractivity contribution in [2.24, 2.45) is 0 Å². The van der Waals surface area contributed by atoms with E-state index >= 15 is 0 Å². The summed E-state index contributed by atoms with van der Waals surface area (Å²) in [5.41, 5.74) is 1.52. The quantitative estimate of drug-likeness (QED) is 0.677. The number of benzene rings is 1. The highest BCUT2D eigenvalue weighted by Gasteiger charge is 2.26. The van der Waals surface area contributed by atoms with Gasteiger partial charge in [-0.3, -0.25) is 14.3 Å². The fourth-order valence-corrected chi connectivity index (χ4v) is 4.06. The molecule has 1 aliphatic rings. The molecule has 8 heteroatoms. The van der Waals surface area contributed by atoms with Crippen molar-refractivity contribution in [2.45, 2.75) is 25.9 Å². The lowest BCUT2D eigenvalue weighted by Crippen LogP contribution is -2.30. The molecule has 4 rings (SSSR count). The predicted molar refractivity (Wildman–Crippen MR) is 108 cm³/mol. The largest absolute Gasteiger partial charge is 0.350 e. The summed E-state index contributed by atoms with van der Waals surface area (Å²) in [7, 11) is 0. The molecule has 3 aromatic rings. The van der Waals surface area contributed by atoms with Crippen LogP contribution in [-0.4, -0.2) is 39.6 Å². The minimum Gasteiger partial charge on any atom is -0.350 e. The lowest BCUT2D eigenvalue weighted by atomic mass is 10.2. The normalized spacial score (nSPS) is 13.8. The van der Waals surface area contributed by atoms with Crippen molar-refractivity contribution in [3.05, 3.63) is 75.5 Å². The number of nitrogens with one attached hydrogen (secondary N) is 1. The monoisotopic (exact) mass is 412 g/mol. The number of amides is 2. The van der Waals surface area contributed by atoms with Gasteiger partial charge in [-0.15, -0.1) is 11.3 Å². The molecule has 2 aromatic heterocycles. The summed E-state index contributed by atoms with van der Waals surface area (Å²) in [5, 5.41) is 9.21. The van der Waals surface area contributed by atoms with E-state index in [2.05, 4.69) is 10.4 Å². The number of aryl methyl sites for hydroxylation is 1. The number of thiophene rings is 1. The van der Waals surface area contributed by atoms with Crippen LogP contribution in [0.4, 0.5) is 4.39 Å². The van der Waals surface area contributed by atoms with Gasteiger partial charge in [0.2, 0.25) is 0 Å². The zero-order valence-electron chi connectivity index (χ0n) is 15.8. The van der Waals surface area contributed by atoms with E-state index in [1.165, 1.54) is 17.0 Å². The Morgan fingerprint density at radius 3 is 2.79 bits per heavy atom. The van der Waals surface area contributed by atoms with Gasteiger partial charge in [-0.25, -0.2) is 4.39 Å². The molecular weight excluding hydrogens is 391 g/mol. The molecule has 1 N–H and O–H groups in total. The third-order valence-corrected chi connectivity index (χ3v) is 5.78. The first-order valence-corrected chi connectivity index (χ1v) is 10.4. The molecule has 0 saturated heterocycles. The molecule has 0 aliphatic carbocycles. The van der Waals surface area contributed by atoms with Gasteiger partial charge in [0.1, 0.15) is 11.5 Å².